The zero-order chi connectivity index (χ0) is 18.2. The topological polar surface area (TPSA) is 47.4 Å². The van der Waals surface area contributed by atoms with Crippen molar-refractivity contribution in [2.75, 3.05) is 11.9 Å². The molecule has 8 heteroatoms. The molecule has 0 fully saturated rings. The molecule has 5 nitrogen and oxygen atoms in total. The Morgan fingerprint density at radius 1 is 1.12 bits per heavy atom. The molecule has 0 aliphatic carbocycles. The lowest BCUT2D eigenvalue weighted by Crippen LogP contribution is -2.27. The highest BCUT2D eigenvalue weighted by molar-refractivity contribution is 6.12. The number of anilines is 1. The molecule has 3 aromatic rings. The maximum absolute atomic E-state index is 12.7. The zero-order valence-corrected chi connectivity index (χ0v) is 13.4. The predicted octanol–water partition coefficient (Wildman–Crippen LogP) is 3.75. The van der Waals surface area contributed by atoms with Crippen molar-refractivity contribution in [3.05, 3.63) is 54.2 Å². The number of carbonyl (C=O) groups is 1. The molecule has 0 radical (unpaired) electrons. The Kier molecular flexibility index (Phi) is 4.12. The highest BCUT2D eigenvalue weighted by Crippen LogP contribution is 2.26. The Labute approximate surface area is 141 Å². The predicted molar refractivity (Wildman–Crippen MR) is 86.6 cm³/mol. The van der Waals surface area contributed by atoms with E-state index < -0.39 is 6.36 Å². The van der Waals surface area contributed by atoms with Crippen LogP contribution in [0.4, 0.5) is 18.9 Å². The molecule has 0 atom stereocenters. The summed E-state index contributed by atoms with van der Waals surface area (Å²) in [4.78, 5) is 14.1. The van der Waals surface area contributed by atoms with Crippen molar-refractivity contribution >= 4 is 22.5 Å². The van der Waals surface area contributed by atoms with E-state index in [4.69, 9.17) is 0 Å². The fourth-order valence-electron chi connectivity index (χ4n) is 2.52. The van der Waals surface area contributed by atoms with Crippen molar-refractivity contribution in [1.29, 1.82) is 0 Å². The van der Waals surface area contributed by atoms with Gasteiger partial charge in [-0.05, 0) is 30.3 Å². The SMILES string of the molecule is CN(C(=O)c1nn(C)c2ccccc12)c1ccc(OC(F)(F)F)cc1. The van der Waals surface area contributed by atoms with Crippen LogP contribution in [0, 0.1) is 0 Å². The van der Waals surface area contributed by atoms with Gasteiger partial charge in [-0.25, -0.2) is 0 Å². The van der Waals surface area contributed by atoms with Gasteiger partial charge in [-0.15, -0.1) is 13.2 Å². The summed E-state index contributed by atoms with van der Waals surface area (Å²) in [6.07, 6.45) is -4.75. The Morgan fingerprint density at radius 3 is 2.40 bits per heavy atom. The summed E-state index contributed by atoms with van der Waals surface area (Å²) >= 11 is 0. The molecule has 2 aromatic carbocycles. The van der Waals surface area contributed by atoms with Gasteiger partial charge in [0.05, 0.1) is 5.52 Å². The lowest BCUT2D eigenvalue weighted by Gasteiger charge is -2.17. The van der Waals surface area contributed by atoms with E-state index in [1.165, 1.54) is 24.1 Å². The van der Waals surface area contributed by atoms with E-state index in [9.17, 15) is 18.0 Å². The fourth-order valence-corrected chi connectivity index (χ4v) is 2.52. The first-order valence-electron chi connectivity index (χ1n) is 7.32. The van der Waals surface area contributed by atoms with Crippen LogP contribution in [0.3, 0.4) is 0 Å². The van der Waals surface area contributed by atoms with Crippen molar-refractivity contribution in [3.8, 4) is 5.75 Å². The molecule has 0 N–H and O–H groups in total. The van der Waals surface area contributed by atoms with E-state index in [1.54, 1.807) is 17.8 Å². The second kappa shape index (κ2) is 6.12. The molecule has 1 aromatic heterocycles. The molecule has 0 aliphatic rings. The molecule has 0 spiro atoms. The average molecular weight is 349 g/mol. The summed E-state index contributed by atoms with van der Waals surface area (Å²) < 4.78 is 42.0. The minimum absolute atomic E-state index is 0.274. The van der Waals surface area contributed by atoms with Crippen LogP contribution in [0.5, 0.6) is 5.75 Å². The van der Waals surface area contributed by atoms with Gasteiger partial charge in [-0.1, -0.05) is 18.2 Å². The number of hydrogen-bond donors (Lipinski definition) is 0. The summed E-state index contributed by atoms with van der Waals surface area (Å²) in [7, 11) is 3.27. The summed E-state index contributed by atoms with van der Waals surface area (Å²) in [6.45, 7) is 0. The van der Waals surface area contributed by atoms with E-state index >= 15 is 0 Å². The quantitative estimate of drug-likeness (QED) is 0.724. The third-order valence-corrected chi connectivity index (χ3v) is 3.72. The number of amides is 1. The normalized spacial score (nSPS) is 11.6. The molecule has 0 bridgehead atoms. The second-order valence-corrected chi connectivity index (χ2v) is 5.40. The van der Waals surface area contributed by atoms with Gasteiger partial charge in [0.2, 0.25) is 0 Å². The van der Waals surface area contributed by atoms with Crippen molar-refractivity contribution in [2.45, 2.75) is 6.36 Å². The van der Waals surface area contributed by atoms with Gasteiger partial charge in [0, 0.05) is 25.2 Å². The van der Waals surface area contributed by atoms with E-state index in [2.05, 4.69) is 9.84 Å². The minimum atomic E-state index is -4.75. The van der Waals surface area contributed by atoms with E-state index in [0.717, 1.165) is 17.6 Å². The molecular weight excluding hydrogens is 335 g/mol. The first kappa shape index (κ1) is 16.8. The monoisotopic (exact) mass is 349 g/mol. The maximum Gasteiger partial charge on any atom is 0.573 e. The van der Waals surface area contributed by atoms with Gasteiger partial charge < -0.3 is 9.64 Å². The highest BCUT2D eigenvalue weighted by Gasteiger charge is 2.31. The number of halogens is 3. The van der Waals surface area contributed by atoms with Crippen LogP contribution in [-0.2, 0) is 7.05 Å². The van der Waals surface area contributed by atoms with Gasteiger partial charge in [-0.2, -0.15) is 5.10 Å². The van der Waals surface area contributed by atoms with E-state index in [1.807, 2.05) is 18.2 Å². The van der Waals surface area contributed by atoms with Crippen molar-refractivity contribution in [3.63, 3.8) is 0 Å². The lowest BCUT2D eigenvalue weighted by molar-refractivity contribution is -0.274. The number of rotatable bonds is 3. The maximum atomic E-state index is 12.7. The van der Waals surface area contributed by atoms with Crippen molar-refractivity contribution < 1.29 is 22.7 Å². The molecule has 1 heterocycles. The highest BCUT2D eigenvalue weighted by atomic mass is 19.4. The molecule has 0 unspecified atom stereocenters. The van der Waals surface area contributed by atoms with Crippen LogP contribution in [0.25, 0.3) is 10.9 Å². The Balaban J connectivity index is 1.87. The lowest BCUT2D eigenvalue weighted by atomic mass is 10.2. The number of alkyl halides is 3. The van der Waals surface area contributed by atoms with Crippen LogP contribution in [0.1, 0.15) is 10.5 Å². The third-order valence-electron chi connectivity index (χ3n) is 3.72. The number of nitrogens with zero attached hydrogens (tertiary/aromatic N) is 3. The molecule has 0 saturated heterocycles. The first-order valence-corrected chi connectivity index (χ1v) is 7.32. The molecule has 1 amide bonds. The molecule has 25 heavy (non-hydrogen) atoms. The van der Waals surface area contributed by atoms with Crippen LogP contribution in [0.15, 0.2) is 48.5 Å². The summed E-state index contributed by atoms with van der Waals surface area (Å²) in [5, 5.41) is 4.96. The van der Waals surface area contributed by atoms with Crippen LogP contribution < -0.4 is 9.64 Å². The number of hydrogen-bond acceptors (Lipinski definition) is 3. The average Bonchev–Trinajstić information content (AvgIpc) is 2.90. The number of carbonyl (C=O) groups excluding carboxylic acids is 1. The third kappa shape index (κ3) is 3.42. The Bertz CT molecular complexity index is 917. The number of para-hydroxylation sites is 1. The standard InChI is InChI=1S/C17H14F3N3O2/c1-22(11-7-9-12(10-8-11)25-17(18,19)20)16(24)15-13-5-3-4-6-14(13)23(2)21-15/h3-10H,1-2H3. The van der Waals surface area contributed by atoms with Gasteiger partial charge in [0.1, 0.15) is 5.75 Å². The van der Waals surface area contributed by atoms with Gasteiger partial charge in [0.15, 0.2) is 5.69 Å². The van der Waals surface area contributed by atoms with Crippen molar-refractivity contribution in [1.82, 2.24) is 9.78 Å². The number of aromatic nitrogens is 2. The fraction of sp³-hybridized carbons (Fsp3) is 0.176. The second-order valence-electron chi connectivity index (χ2n) is 5.40. The van der Waals surface area contributed by atoms with Gasteiger partial charge in [-0.3, -0.25) is 9.48 Å². The molecule has 0 saturated carbocycles. The Morgan fingerprint density at radius 2 is 1.76 bits per heavy atom. The van der Waals surface area contributed by atoms with Gasteiger partial charge in [0.25, 0.3) is 5.91 Å². The molecular formula is C17H14F3N3O2. The zero-order valence-electron chi connectivity index (χ0n) is 13.4. The van der Waals surface area contributed by atoms with Crippen LogP contribution in [-0.4, -0.2) is 29.1 Å². The van der Waals surface area contributed by atoms with E-state index in [-0.39, 0.29) is 17.4 Å². The Hall–Kier alpha value is -3.03. The van der Waals surface area contributed by atoms with Crippen molar-refractivity contribution in [2.24, 2.45) is 7.05 Å². The summed E-state index contributed by atoms with van der Waals surface area (Å²) in [5.74, 6) is -0.707. The first-order chi connectivity index (χ1) is 11.8. The largest absolute Gasteiger partial charge is 0.573 e. The van der Waals surface area contributed by atoms with Gasteiger partial charge >= 0.3 is 6.36 Å². The number of aryl methyl sites for hydroxylation is 1. The smallest absolute Gasteiger partial charge is 0.406 e. The number of fused-ring (bicyclic) bond motifs is 1. The molecule has 130 valence electrons. The summed E-state index contributed by atoms with van der Waals surface area (Å²) in [6, 6.07) is 12.4. The number of benzene rings is 2. The van der Waals surface area contributed by atoms with Crippen LogP contribution in [0.2, 0.25) is 0 Å². The number of ether oxygens (including phenoxy) is 1. The molecule has 3 rings (SSSR count). The summed E-state index contributed by atoms with van der Waals surface area (Å²) in [5.41, 5.74) is 1.51. The minimum Gasteiger partial charge on any atom is -0.406 e. The van der Waals surface area contributed by atoms with Crippen LogP contribution >= 0.6 is 0 Å². The van der Waals surface area contributed by atoms with E-state index in [0.29, 0.717) is 11.1 Å². The molecule has 0 aliphatic heterocycles.